The third kappa shape index (κ3) is 1.20. The molecule has 0 N–H and O–H groups in total. The Balaban J connectivity index is 2.23. The Bertz CT molecular complexity index is 593. The highest BCUT2D eigenvalue weighted by atomic mass is 15.4. The molecule has 74 valence electrons. The summed E-state index contributed by atoms with van der Waals surface area (Å²) in [5.41, 5.74) is 2.07. The summed E-state index contributed by atoms with van der Waals surface area (Å²) in [6.45, 7) is 0. The second-order valence-corrected chi connectivity index (χ2v) is 3.35. The quantitative estimate of drug-likeness (QED) is 0.590. The van der Waals surface area contributed by atoms with E-state index in [1.807, 2.05) is 36.0 Å². The molecule has 3 rings (SSSR count). The number of aryl methyl sites for hydroxylation is 1. The lowest BCUT2D eigenvalue weighted by molar-refractivity contribution is 0.784. The Morgan fingerprint density at radius 1 is 1.13 bits per heavy atom. The van der Waals surface area contributed by atoms with Crippen molar-refractivity contribution in [1.29, 1.82) is 0 Å². The molecule has 0 aliphatic carbocycles. The van der Waals surface area contributed by atoms with Gasteiger partial charge in [-0.25, -0.2) is 9.67 Å². The van der Waals surface area contributed by atoms with Crippen LogP contribution in [0.25, 0.3) is 16.9 Å². The van der Waals surface area contributed by atoms with Crippen LogP contribution in [-0.2, 0) is 7.05 Å². The van der Waals surface area contributed by atoms with Gasteiger partial charge in [0.2, 0.25) is 0 Å². The molecule has 0 aromatic carbocycles. The highest BCUT2D eigenvalue weighted by molar-refractivity contribution is 5.76. The van der Waals surface area contributed by atoms with Crippen molar-refractivity contribution in [1.82, 2.24) is 24.5 Å². The maximum Gasteiger partial charge on any atom is 0.155 e. The second-order valence-electron chi connectivity index (χ2n) is 3.35. The maximum absolute atomic E-state index is 4.48. The first-order chi connectivity index (χ1) is 7.34. The minimum Gasteiger partial charge on any atom is -0.349 e. The third-order valence-electron chi connectivity index (χ3n) is 2.38. The molecular weight excluding hydrogens is 190 g/mol. The van der Waals surface area contributed by atoms with E-state index in [1.54, 1.807) is 17.1 Å². The maximum atomic E-state index is 4.48. The van der Waals surface area contributed by atoms with Crippen LogP contribution in [0, 0.1) is 0 Å². The van der Waals surface area contributed by atoms with E-state index in [1.165, 1.54) is 0 Å². The van der Waals surface area contributed by atoms with E-state index >= 15 is 0 Å². The van der Waals surface area contributed by atoms with Crippen LogP contribution in [0.1, 0.15) is 0 Å². The van der Waals surface area contributed by atoms with Crippen LogP contribution in [0.5, 0.6) is 0 Å². The van der Waals surface area contributed by atoms with Crippen molar-refractivity contribution >= 4 is 11.0 Å². The fraction of sp³-hybridized carbons (Fsp3) is 0.100. The second kappa shape index (κ2) is 2.91. The molecule has 0 bridgehead atoms. The van der Waals surface area contributed by atoms with Gasteiger partial charge in [-0.2, -0.15) is 0 Å². The zero-order valence-corrected chi connectivity index (χ0v) is 8.20. The Morgan fingerprint density at radius 3 is 2.87 bits per heavy atom. The SMILES string of the molecule is Cn1ccc2nc(-n3ccnn3)ccc21. The van der Waals surface area contributed by atoms with Crippen molar-refractivity contribution in [3.8, 4) is 5.82 Å². The van der Waals surface area contributed by atoms with Crippen LogP contribution in [0.2, 0.25) is 0 Å². The van der Waals surface area contributed by atoms with Gasteiger partial charge >= 0.3 is 0 Å². The molecule has 3 heterocycles. The zero-order chi connectivity index (χ0) is 10.3. The molecule has 0 amide bonds. The summed E-state index contributed by atoms with van der Waals surface area (Å²) >= 11 is 0. The summed E-state index contributed by atoms with van der Waals surface area (Å²) in [4.78, 5) is 4.48. The molecule has 5 heteroatoms. The van der Waals surface area contributed by atoms with Gasteiger partial charge in [0.1, 0.15) is 0 Å². The van der Waals surface area contributed by atoms with Gasteiger partial charge in [-0.15, -0.1) is 5.10 Å². The summed E-state index contributed by atoms with van der Waals surface area (Å²) in [6.07, 6.45) is 5.40. The smallest absolute Gasteiger partial charge is 0.155 e. The monoisotopic (exact) mass is 199 g/mol. The molecule has 3 aromatic rings. The first-order valence-electron chi connectivity index (χ1n) is 4.63. The van der Waals surface area contributed by atoms with E-state index in [0.717, 1.165) is 16.9 Å². The van der Waals surface area contributed by atoms with Crippen LogP contribution >= 0.6 is 0 Å². The predicted octanol–water partition coefficient (Wildman–Crippen LogP) is 1.15. The molecule has 3 aromatic heterocycles. The lowest BCUT2D eigenvalue weighted by Crippen LogP contribution is -1.98. The van der Waals surface area contributed by atoms with Crippen molar-refractivity contribution in [2.24, 2.45) is 7.05 Å². The zero-order valence-electron chi connectivity index (χ0n) is 8.20. The molecule has 15 heavy (non-hydrogen) atoms. The van der Waals surface area contributed by atoms with Crippen molar-refractivity contribution in [2.75, 3.05) is 0 Å². The Morgan fingerprint density at radius 2 is 2.07 bits per heavy atom. The number of nitrogens with zero attached hydrogens (tertiary/aromatic N) is 5. The molecule has 0 radical (unpaired) electrons. The molecule has 0 aliphatic heterocycles. The predicted molar refractivity (Wildman–Crippen MR) is 55.6 cm³/mol. The first-order valence-corrected chi connectivity index (χ1v) is 4.63. The minimum absolute atomic E-state index is 0.784. The highest BCUT2D eigenvalue weighted by Gasteiger charge is 2.02. The Hall–Kier alpha value is -2.17. The van der Waals surface area contributed by atoms with Gasteiger partial charge in [-0.05, 0) is 18.2 Å². The van der Waals surface area contributed by atoms with E-state index in [2.05, 4.69) is 15.3 Å². The standard InChI is InChI=1S/C10H9N5/c1-14-6-4-8-9(14)2-3-10(12-8)15-7-5-11-13-15/h2-7H,1H3. The molecule has 0 fully saturated rings. The van der Waals surface area contributed by atoms with Crippen molar-refractivity contribution in [3.05, 3.63) is 36.8 Å². The normalized spacial score (nSPS) is 11.0. The lowest BCUT2D eigenvalue weighted by atomic mass is 10.4. The van der Waals surface area contributed by atoms with Gasteiger partial charge < -0.3 is 4.57 Å². The largest absolute Gasteiger partial charge is 0.349 e. The third-order valence-corrected chi connectivity index (χ3v) is 2.38. The lowest BCUT2D eigenvalue weighted by Gasteiger charge is -2.00. The fourth-order valence-corrected chi connectivity index (χ4v) is 1.60. The van der Waals surface area contributed by atoms with Crippen LogP contribution in [0.4, 0.5) is 0 Å². The van der Waals surface area contributed by atoms with Crippen molar-refractivity contribution in [2.45, 2.75) is 0 Å². The van der Waals surface area contributed by atoms with Gasteiger partial charge in [0.25, 0.3) is 0 Å². The molecule has 0 spiro atoms. The molecule has 0 unspecified atom stereocenters. The fourth-order valence-electron chi connectivity index (χ4n) is 1.60. The molecular formula is C10H9N5. The topological polar surface area (TPSA) is 48.5 Å². The Labute approximate surface area is 86.0 Å². The van der Waals surface area contributed by atoms with E-state index in [9.17, 15) is 0 Å². The number of aromatic nitrogens is 5. The number of rotatable bonds is 1. The van der Waals surface area contributed by atoms with Crippen LogP contribution in [0.15, 0.2) is 36.8 Å². The Kier molecular flexibility index (Phi) is 1.58. The van der Waals surface area contributed by atoms with Crippen molar-refractivity contribution in [3.63, 3.8) is 0 Å². The summed E-state index contributed by atoms with van der Waals surface area (Å²) in [5.74, 6) is 0.784. The number of hydrogen-bond donors (Lipinski definition) is 0. The summed E-state index contributed by atoms with van der Waals surface area (Å²) < 4.78 is 3.68. The number of fused-ring (bicyclic) bond motifs is 1. The van der Waals surface area contributed by atoms with E-state index in [4.69, 9.17) is 0 Å². The molecule has 5 nitrogen and oxygen atoms in total. The number of pyridine rings is 1. The van der Waals surface area contributed by atoms with E-state index < -0.39 is 0 Å². The van der Waals surface area contributed by atoms with Gasteiger partial charge in [0.15, 0.2) is 5.82 Å². The average Bonchev–Trinajstić information content (AvgIpc) is 2.88. The van der Waals surface area contributed by atoms with Gasteiger partial charge in [-0.3, -0.25) is 0 Å². The molecule has 0 atom stereocenters. The number of hydrogen-bond acceptors (Lipinski definition) is 3. The summed E-state index contributed by atoms with van der Waals surface area (Å²) in [7, 11) is 2.00. The van der Waals surface area contributed by atoms with Gasteiger partial charge in [0.05, 0.1) is 23.4 Å². The molecule has 0 saturated heterocycles. The van der Waals surface area contributed by atoms with Gasteiger partial charge in [-0.1, -0.05) is 5.21 Å². The van der Waals surface area contributed by atoms with Crippen LogP contribution in [-0.4, -0.2) is 24.5 Å². The van der Waals surface area contributed by atoms with Crippen molar-refractivity contribution < 1.29 is 0 Å². The first kappa shape index (κ1) is 8.16. The van der Waals surface area contributed by atoms with Gasteiger partial charge in [0, 0.05) is 13.2 Å². The minimum atomic E-state index is 0.784. The highest BCUT2D eigenvalue weighted by Crippen LogP contribution is 2.14. The molecule has 0 saturated carbocycles. The summed E-state index contributed by atoms with van der Waals surface area (Å²) in [6, 6.07) is 5.94. The van der Waals surface area contributed by atoms with E-state index in [0.29, 0.717) is 0 Å². The van der Waals surface area contributed by atoms with E-state index in [-0.39, 0.29) is 0 Å². The van der Waals surface area contributed by atoms with Crippen LogP contribution in [0.3, 0.4) is 0 Å². The molecule has 0 aliphatic rings. The average molecular weight is 199 g/mol. The summed E-state index contributed by atoms with van der Waals surface area (Å²) in [5, 5.41) is 7.65. The van der Waals surface area contributed by atoms with Crippen LogP contribution < -0.4 is 0 Å².